The zero-order chi connectivity index (χ0) is 27.0. The minimum absolute atomic E-state index is 0.0907. The normalized spacial score (nSPS) is 12.9. The number of aliphatic carboxylic acids is 1. The van der Waals surface area contributed by atoms with Gasteiger partial charge >= 0.3 is 12.1 Å². The molecule has 0 fully saturated rings. The number of ether oxygens (including phenoxy) is 1. The number of carbonyl (C=O) groups excluding carboxylic acids is 2. The number of alkyl halides is 3. The summed E-state index contributed by atoms with van der Waals surface area (Å²) in [5, 5.41) is 10.4. The van der Waals surface area contributed by atoms with E-state index in [-0.39, 0.29) is 11.8 Å². The standard InChI is InChI=1S/C22H22N4O3S.C2HF3O2/c1-29-17-6-2-4-15(12-17)13-20(27)26-10-7-18-19(8-11-26)30-22(25-18)21(28)24-16-5-3-9-23-14-16;3-2(4,5)1(6)7/h2-6,9,12,14H,7-8,10-11,13H2,1H3,(H,24,28);(H,6,7). The molecule has 2 N–H and O–H groups in total. The Bertz CT molecular complexity index is 1230. The maximum absolute atomic E-state index is 12.8. The molecule has 13 heteroatoms. The average Bonchev–Trinajstić information content (AvgIpc) is 3.17. The fourth-order valence-corrected chi connectivity index (χ4v) is 4.39. The van der Waals surface area contributed by atoms with Gasteiger partial charge in [-0.2, -0.15) is 13.2 Å². The van der Waals surface area contributed by atoms with E-state index in [1.165, 1.54) is 11.3 Å². The second kappa shape index (κ2) is 12.3. The van der Waals surface area contributed by atoms with Gasteiger partial charge in [0.2, 0.25) is 5.91 Å². The van der Waals surface area contributed by atoms with Crippen molar-refractivity contribution in [1.82, 2.24) is 14.9 Å². The van der Waals surface area contributed by atoms with E-state index < -0.39 is 12.1 Å². The first-order chi connectivity index (χ1) is 17.6. The number of carbonyl (C=O) groups is 3. The Morgan fingerprint density at radius 3 is 2.54 bits per heavy atom. The molecule has 37 heavy (non-hydrogen) atoms. The number of thiazole rings is 1. The number of nitrogens with zero attached hydrogens (tertiary/aromatic N) is 3. The van der Waals surface area contributed by atoms with Gasteiger partial charge in [-0.1, -0.05) is 12.1 Å². The van der Waals surface area contributed by atoms with Gasteiger partial charge in [0.25, 0.3) is 5.91 Å². The number of carboxylic acid groups (broad SMARTS) is 1. The van der Waals surface area contributed by atoms with Crippen molar-refractivity contribution in [1.29, 1.82) is 0 Å². The van der Waals surface area contributed by atoms with E-state index in [9.17, 15) is 22.8 Å². The van der Waals surface area contributed by atoms with Gasteiger partial charge in [0.1, 0.15) is 5.75 Å². The van der Waals surface area contributed by atoms with Crippen molar-refractivity contribution in [3.63, 3.8) is 0 Å². The van der Waals surface area contributed by atoms with E-state index in [1.54, 1.807) is 31.6 Å². The first kappa shape index (κ1) is 27.6. The van der Waals surface area contributed by atoms with Crippen LogP contribution in [-0.4, -0.2) is 64.1 Å². The van der Waals surface area contributed by atoms with E-state index in [0.717, 1.165) is 21.9 Å². The molecule has 2 amide bonds. The molecule has 0 spiro atoms. The highest BCUT2D eigenvalue weighted by atomic mass is 32.1. The van der Waals surface area contributed by atoms with Crippen LogP contribution < -0.4 is 10.1 Å². The minimum Gasteiger partial charge on any atom is -0.497 e. The van der Waals surface area contributed by atoms with Crippen molar-refractivity contribution in [3.8, 4) is 5.75 Å². The van der Waals surface area contributed by atoms with Crippen LogP contribution >= 0.6 is 11.3 Å². The lowest BCUT2D eigenvalue weighted by molar-refractivity contribution is -0.192. The molecule has 4 rings (SSSR count). The molecule has 0 aliphatic carbocycles. The second-order valence-corrected chi connectivity index (χ2v) is 8.88. The molecular formula is C24H23F3N4O5S. The van der Waals surface area contributed by atoms with Crippen molar-refractivity contribution >= 4 is 34.8 Å². The molecule has 1 aromatic carbocycles. The molecule has 1 aliphatic heterocycles. The number of methoxy groups -OCH3 is 1. The first-order valence-electron chi connectivity index (χ1n) is 11.0. The van der Waals surface area contributed by atoms with Crippen LogP contribution in [0.25, 0.3) is 0 Å². The zero-order valence-electron chi connectivity index (χ0n) is 19.6. The van der Waals surface area contributed by atoms with Gasteiger partial charge in [0.05, 0.1) is 31.1 Å². The number of benzene rings is 1. The maximum atomic E-state index is 12.8. The number of amides is 2. The fourth-order valence-electron chi connectivity index (χ4n) is 3.40. The SMILES string of the molecule is COc1cccc(CC(=O)N2CCc3nc(C(=O)Nc4cccnc4)sc3CC2)c1.O=C(O)C(F)(F)F. The van der Waals surface area contributed by atoms with E-state index in [2.05, 4.69) is 15.3 Å². The van der Waals surface area contributed by atoms with E-state index in [4.69, 9.17) is 14.6 Å². The van der Waals surface area contributed by atoms with Crippen LogP contribution in [0.5, 0.6) is 5.75 Å². The maximum Gasteiger partial charge on any atom is 0.490 e. The predicted octanol–water partition coefficient (Wildman–Crippen LogP) is 3.60. The molecule has 0 atom stereocenters. The van der Waals surface area contributed by atoms with Crippen LogP contribution in [0.1, 0.15) is 25.9 Å². The molecule has 0 radical (unpaired) electrons. The number of rotatable bonds is 5. The number of hydrogen-bond donors (Lipinski definition) is 2. The Balaban J connectivity index is 0.000000479. The molecule has 2 aromatic heterocycles. The summed E-state index contributed by atoms with van der Waals surface area (Å²) >= 11 is 1.40. The largest absolute Gasteiger partial charge is 0.497 e. The van der Waals surface area contributed by atoms with Gasteiger partial charge in [-0.25, -0.2) is 9.78 Å². The van der Waals surface area contributed by atoms with Gasteiger partial charge in [-0.3, -0.25) is 14.6 Å². The second-order valence-electron chi connectivity index (χ2n) is 7.80. The quantitative estimate of drug-likeness (QED) is 0.511. The van der Waals surface area contributed by atoms with Crippen molar-refractivity contribution in [2.45, 2.75) is 25.4 Å². The fraction of sp³-hybridized carbons (Fsp3) is 0.292. The molecule has 1 aliphatic rings. The Kier molecular flexibility index (Phi) is 9.17. The third-order valence-corrected chi connectivity index (χ3v) is 6.36. The number of pyridine rings is 1. The number of carboxylic acids is 1. The third kappa shape index (κ3) is 8.00. The Morgan fingerprint density at radius 1 is 1.16 bits per heavy atom. The van der Waals surface area contributed by atoms with Crippen molar-refractivity contribution in [2.24, 2.45) is 0 Å². The van der Waals surface area contributed by atoms with Crippen LogP contribution in [0.3, 0.4) is 0 Å². The van der Waals surface area contributed by atoms with Crippen molar-refractivity contribution in [3.05, 3.63) is 69.9 Å². The number of aromatic nitrogens is 2. The van der Waals surface area contributed by atoms with Crippen LogP contribution in [-0.2, 0) is 28.9 Å². The molecule has 9 nitrogen and oxygen atoms in total. The van der Waals surface area contributed by atoms with Crippen LogP contribution in [0.2, 0.25) is 0 Å². The highest BCUT2D eigenvalue weighted by Gasteiger charge is 2.38. The highest BCUT2D eigenvalue weighted by molar-refractivity contribution is 7.13. The average molecular weight is 537 g/mol. The first-order valence-corrected chi connectivity index (χ1v) is 11.8. The lowest BCUT2D eigenvalue weighted by Crippen LogP contribution is -2.34. The summed E-state index contributed by atoms with van der Waals surface area (Å²) in [4.78, 5) is 45.6. The Morgan fingerprint density at radius 2 is 1.89 bits per heavy atom. The Hall–Kier alpha value is -4.00. The van der Waals surface area contributed by atoms with Crippen molar-refractivity contribution < 1.29 is 37.4 Å². The zero-order valence-corrected chi connectivity index (χ0v) is 20.4. The number of halogens is 3. The lowest BCUT2D eigenvalue weighted by Gasteiger charge is -2.20. The van der Waals surface area contributed by atoms with E-state index in [1.807, 2.05) is 29.2 Å². The molecule has 0 saturated heterocycles. The van der Waals surface area contributed by atoms with Gasteiger partial charge < -0.3 is 20.1 Å². The van der Waals surface area contributed by atoms with E-state index in [0.29, 0.717) is 43.0 Å². The lowest BCUT2D eigenvalue weighted by atomic mass is 10.1. The summed E-state index contributed by atoms with van der Waals surface area (Å²) in [5.74, 6) is -2.15. The smallest absolute Gasteiger partial charge is 0.490 e. The van der Waals surface area contributed by atoms with Gasteiger partial charge in [0, 0.05) is 37.0 Å². The van der Waals surface area contributed by atoms with Crippen LogP contribution in [0.15, 0.2) is 48.8 Å². The highest BCUT2D eigenvalue weighted by Crippen LogP contribution is 2.24. The number of anilines is 1. The molecule has 0 bridgehead atoms. The molecular weight excluding hydrogens is 513 g/mol. The summed E-state index contributed by atoms with van der Waals surface area (Å²) in [7, 11) is 1.62. The van der Waals surface area contributed by atoms with Crippen molar-refractivity contribution in [2.75, 3.05) is 25.5 Å². The molecule has 3 aromatic rings. The Labute approximate surface area is 213 Å². The monoisotopic (exact) mass is 536 g/mol. The van der Waals surface area contributed by atoms with Crippen LogP contribution in [0, 0.1) is 0 Å². The van der Waals surface area contributed by atoms with Gasteiger partial charge in [-0.15, -0.1) is 11.3 Å². The van der Waals surface area contributed by atoms with E-state index >= 15 is 0 Å². The summed E-state index contributed by atoms with van der Waals surface area (Å²) in [6.07, 6.45) is -0.130. The summed E-state index contributed by atoms with van der Waals surface area (Å²) in [6.45, 7) is 1.23. The number of fused-ring (bicyclic) bond motifs is 1. The molecule has 0 saturated carbocycles. The van der Waals surface area contributed by atoms with Crippen LogP contribution in [0.4, 0.5) is 18.9 Å². The third-order valence-electron chi connectivity index (χ3n) is 5.20. The van der Waals surface area contributed by atoms with Gasteiger partial charge in [-0.05, 0) is 29.8 Å². The molecule has 3 heterocycles. The summed E-state index contributed by atoms with van der Waals surface area (Å²) < 4.78 is 37.0. The predicted molar refractivity (Wildman–Crippen MR) is 129 cm³/mol. The summed E-state index contributed by atoms with van der Waals surface area (Å²) in [6, 6.07) is 11.1. The topological polar surface area (TPSA) is 122 Å². The summed E-state index contributed by atoms with van der Waals surface area (Å²) in [5.41, 5.74) is 2.49. The van der Waals surface area contributed by atoms with Gasteiger partial charge in [0.15, 0.2) is 5.01 Å². The minimum atomic E-state index is -5.08. The number of hydrogen-bond acceptors (Lipinski definition) is 7. The number of nitrogens with one attached hydrogen (secondary N) is 1. The molecule has 0 unspecified atom stereocenters. The molecule has 196 valence electrons.